The highest BCUT2D eigenvalue weighted by molar-refractivity contribution is 9.10. The average molecular weight is 329 g/mol. The molecule has 0 spiro atoms. The summed E-state index contributed by atoms with van der Waals surface area (Å²) in [6.45, 7) is 0. The monoisotopic (exact) mass is 328 g/mol. The van der Waals surface area contributed by atoms with E-state index in [0.717, 1.165) is 17.5 Å². The van der Waals surface area contributed by atoms with Crippen molar-refractivity contribution in [3.63, 3.8) is 0 Å². The molecule has 7 nitrogen and oxygen atoms in total. The number of rotatable bonds is 3. The van der Waals surface area contributed by atoms with Crippen molar-refractivity contribution in [2.24, 2.45) is 0 Å². The number of carbonyl (C=O) groups is 1. The number of pyridine rings is 1. The summed E-state index contributed by atoms with van der Waals surface area (Å²) in [5.41, 5.74) is 0.197. The summed E-state index contributed by atoms with van der Waals surface area (Å²) in [6.07, 6.45) is 1.09. The van der Waals surface area contributed by atoms with Gasteiger partial charge in [-0.25, -0.2) is 9.97 Å². The van der Waals surface area contributed by atoms with Crippen LogP contribution in [0.5, 0.6) is 0 Å². The van der Waals surface area contributed by atoms with Crippen LogP contribution >= 0.6 is 27.3 Å². The molecule has 92 valence electrons. The molecule has 9 heteroatoms. The van der Waals surface area contributed by atoms with Gasteiger partial charge in [0.2, 0.25) is 0 Å². The van der Waals surface area contributed by atoms with Gasteiger partial charge in [-0.2, -0.15) is 0 Å². The van der Waals surface area contributed by atoms with Crippen LogP contribution in [0.15, 0.2) is 29.0 Å². The predicted molar refractivity (Wildman–Crippen MR) is 68.7 cm³/mol. The fraction of sp³-hybridized carbons (Fsp3) is 0. The molecule has 2 heterocycles. The van der Waals surface area contributed by atoms with E-state index in [-0.39, 0.29) is 15.8 Å². The number of nitrogens with one attached hydrogen (secondary N) is 1. The molecule has 2 aromatic heterocycles. The zero-order valence-electron chi connectivity index (χ0n) is 8.66. The Morgan fingerprint density at radius 2 is 2.28 bits per heavy atom. The Morgan fingerprint density at radius 3 is 2.89 bits per heavy atom. The average Bonchev–Trinajstić information content (AvgIpc) is 2.77. The molecule has 2 aromatic rings. The molecule has 0 aliphatic heterocycles. The third kappa shape index (κ3) is 2.87. The van der Waals surface area contributed by atoms with E-state index in [1.807, 2.05) is 0 Å². The van der Waals surface area contributed by atoms with Crippen molar-refractivity contribution in [3.8, 4) is 0 Å². The zero-order chi connectivity index (χ0) is 13.1. The Hall–Kier alpha value is -1.87. The summed E-state index contributed by atoms with van der Waals surface area (Å²) < 4.78 is 0.528. The maximum atomic E-state index is 11.7. The predicted octanol–water partition coefficient (Wildman–Crippen LogP) is 2.46. The highest BCUT2D eigenvalue weighted by Crippen LogP contribution is 2.25. The first kappa shape index (κ1) is 12.6. The number of nitrogens with zero attached hydrogens (tertiary/aromatic N) is 3. The first-order valence-corrected chi connectivity index (χ1v) is 6.21. The lowest BCUT2D eigenvalue weighted by molar-refractivity contribution is -0.380. The Morgan fingerprint density at radius 1 is 1.50 bits per heavy atom. The Kier molecular flexibility index (Phi) is 3.63. The molecule has 0 fully saturated rings. The maximum absolute atomic E-state index is 11.7. The van der Waals surface area contributed by atoms with Gasteiger partial charge in [0, 0.05) is 0 Å². The number of hydrogen-bond donors (Lipinski definition) is 1. The first-order chi connectivity index (χ1) is 8.56. The molecule has 0 saturated carbocycles. The van der Waals surface area contributed by atoms with Crippen LogP contribution in [0.2, 0.25) is 0 Å². The van der Waals surface area contributed by atoms with Crippen molar-refractivity contribution >= 4 is 43.3 Å². The molecular formula is C9H5BrN4O3S. The maximum Gasteiger partial charge on any atom is 0.345 e. The molecule has 0 aliphatic carbocycles. The second kappa shape index (κ2) is 5.19. The number of aromatic nitrogens is 2. The topological polar surface area (TPSA) is 98.0 Å². The normalized spacial score (nSPS) is 10.1. The summed E-state index contributed by atoms with van der Waals surface area (Å²) >= 11 is 3.93. The lowest BCUT2D eigenvalue weighted by Gasteiger charge is -2.00. The second-order valence-corrected chi connectivity index (χ2v) is 4.88. The number of hydrogen-bond acceptors (Lipinski definition) is 6. The van der Waals surface area contributed by atoms with E-state index in [4.69, 9.17) is 0 Å². The quantitative estimate of drug-likeness (QED) is 0.530. The summed E-state index contributed by atoms with van der Waals surface area (Å²) in [6, 6.07) is 4.88. The van der Waals surface area contributed by atoms with Crippen LogP contribution in [0.1, 0.15) is 10.5 Å². The lowest BCUT2D eigenvalue weighted by atomic mass is 10.3. The molecular weight excluding hydrogens is 324 g/mol. The summed E-state index contributed by atoms with van der Waals surface area (Å²) in [4.78, 5) is 29.3. The van der Waals surface area contributed by atoms with E-state index in [1.54, 1.807) is 12.1 Å². The van der Waals surface area contributed by atoms with Crippen LogP contribution in [0.4, 0.5) is 10.1 Å². The second-order valence-electron chi connectivity index (χ2n) is 3.06. The van der Waals surface area contributed by atoms with E-state index >= 15 is 0 Å². The number of anilines is 1. The molecule has 18 heavy (non-hydrogen) atoms. The Labute approximate surface area is 113 Å². The largest absolute Gasteiger partial charge is 0.345 e. The Bertz CT molecular complexity index is 615. The SMILES string of the molecule is O=C(Nc1ncc([N+](=O)[O-])s1)c1cccc(Br)n1. The van der Waals surface area contributed by atoms with E-state index in [0.29, 0.717) is 4.60 Å². The van der Waals surface area contributed by atoms with E-state index in [2.05, 4.69) is 31.2 Å². The highest BCUT2D eigenvalue weighted by atomic mass is 79.9. The zero-order valence-corrected chi connectivity index (χ0v) is 11.1. The van der Waals surface area contributed by atoms with Crippen molar-refractivity contribution in [1.29, 1.82) is 0 Å². The minimum atomic E-state index is -0.565. The molecule has 1 N–H and O–H groups in total. The first-order valence-electron chi connectivity index (χ1n) is 4.60. The fourth-order valence-electron chi connectivity index (χ4n) is 1.10. The van der Waals surface area contributed by atoms with Crippen LogP contribution in [0.3, 0.4) is 0 Å². The standard InChI is InChI=1S/C9H5BrN4O3S/c10-6-3-1-2-5(12-6)8(15)13-9-11-4-7(18-9)14(16)17/h1-4H,(H,11,13,15). The summed E-state index contributed by atoms with van der Waals surface area (Å²) in [5, 5.41) is 12.9. The lowest BCUT2D eigenvalue weighted by Crippen LogP contribution is -2.13. The van der Waals surface area contributed by atoms with E-state index in [1.165, 1.54) is 6.07 Å². The Balaban J connectivity index is 2.13. The molecule has 0 radical (unpaired) electrons. The van der Waals surface area contributed by atoms with Gasteiger partial charge in [-0.15, -0.1) is 0 Å². The molecule has 0 aliphatic rings. The summed E-state index contributed by atoms with van der Waals surface area (Å²) in [7, 11) is 0. The van der Waals surface area contributed by atoms with Gasteiger partial charge in [0.1, 0.15) is 16.5 Å². The third-order valence-corrected chi connectivity index (χ3v) is 3.15. The van der Waals surface area contributed by atoms with Crippen LogP contribution in [0.25, 0.3) is 0 Å². The highest BCUT2D eigenvalue weighted by Gasteiger charge is 2.15. The van der Waals surface area contributed by atoms with Crippen LogP contribution in [0, 0.1) is 10.1 Å². The van der Waals surface area contributed by atoms with Crippen LogP contribution in [-0.4, -0.2) is 20.8 Å². The number of halogens is 1. The summed E-state index contributed by atoms with van der Waals surface area (Å²) in [5.74, 6) is -0.472. The number of thiazole rings is 1. The van der Waals surface area contributed by atoms with Gasteiger partial charge in [0.25, 0.3) is 5.91 Å². The van der Waals surface area contributed by atoms with Crippen molar-refractivity contribution in [2.75, 3.05) is 5.32 Å². The van der Waals surface area contributed by atoms with Gasteiger partial charge >= 0.3 is 5.00 Å². The number of amides is 1. The minimum Gasteiger partial charge on any atom is -0.296 e. The molecule has 2 rings (SSSR count). The van der Waals surface area contributed by atoms with Crippen molar-refractivity contribution in [1.82, 2.24) is 9.97 Å². The number of carbonyl (C=O) groups excluding carboxylic acids is 1. The smallest absolute Gasteiger partial charge is 0.296 e. The van der Waals surface area contributed by atoms with Crippen molar-refractivity contribution < 1.29 is 9.72 Å². The fourth-order valence-corrected chi connectivity index (χ4v) is 2.07. The van der Waals surface area contributed by atoms with Gasteiger partial charge in [0.05, 0.1) is 4.92 Å². The number of nitro groups is 1. The van der Waals surface area contributed by atoms with Gasteiger partial charge < -0.3 is 0 Å². The van der Waals surface area contributed by atoms with Gasteiger partial charge in [-0.3, -0.25) is 20.2 Å². The third-order valence-electron chi connectivity index (χ3n) is 1.84. The van der Waals surface area contributed by atoms with Crippen LogP contribution in [-0.2, 0) is 0 Å². The van der Waals surface area contributed by atoms with Gasteiger partial charge in [-0.1, -0.05) is 6.07 Å². The van der Waals surface area contributed by atoms with Crippen LogP contribution < -0.4 is 5.32 Å². The van der Waals surface area contributed by atoms with Crippen molar-refractivity contribution in [2.45, 2.75) is 0 Å². The van der Waals surface area contributed by atoms with Gasteiger partial charge in [0.15, 0.2) is 5.13 Å². The molecule has 0 unspecified atom stereocenters. The van der Waals surface area contributed by atoms with E-state index in [9.17, 15) is 14.9 Å². The minimum absolute atomic E-state index is 0.132. The van der Waals surface area contributed by atoms with Crippen molar-refractivity contribution in [3.05, 3.63) is 44.8 Å². The molecule has 0 bridgehead atoms. The molecule has 0 aromatic carbocycles. The molecule has 0 saturated heterocycles. The molecule has 0 atom stereocenters. The van der Waals surface area contributed by atoms with Gasteiger partial charge in [-0.05, 0) is 39.4 Å². The van der Waals surface area contributed by atoms with E-state index < -0.39 is 10.8 Å². The molecule has 1 amide bonds.